The third-order valence-electron chi connectivity index (χ3n) is 7.16. The number of carbonyl (C=O) groups is 1. The van der Waals surface area contributed by atoms with Gasteiger partial charge in [-0.3, -0.25) is 4.79 Å². The van der Waals surface area contributed by atoms with Crippen LogP contribution >= 0.6 is 0 Å². The lowest BCUT2D eigenvalue weighted by molar-refractivity contribution is -0.154. The Morgan fingerprint density at radius 1 is 0.943 bits per heavy atom. The van der Waals surface area contributed by atoms with Crippen LogP contribution in [-0.2, 0) is 17.6 Å². The molecule has 1 aliphatic carbocycles. The quantitative estimate of drug-likeness (QED) is 0.338. The number of fused-ring (bicyclic) bond motifs is 1. The zero-order valence-electron chi connectivity index (χ0n) is 20.4. The van der Waals surface area contributed by atoms with Crippen molar-refractivity contribution >= 4 is 22.4 Å². The van der Waals surface area contributed by atoms with Crippen LogP contribution in [0, 0.1) is 5.92 Å². The number of aliphatic hydroxyl groups is 1. The Hall–Kier alpha value is -2.79. The van der Waals surface area contributed by atoms with E-state index in [1.54, 1.807) is 4.90 Å². The number of halogens is 2. The van der Waals surface area contributed by atoms with E-state index < -0.39 is 24.4 Å². The van der Waals surface area contributed by atoms with Crippen LogP contribution in [0.3, 0.4) is 0 Å². The summed E-state index contributed by atoms with van der Waals surface area (Å²) < 4.78 is 28.5. The number of anilines is 1. The maximum atomic E-state index is 14.3. The average Bonchev–Trinajstić information content (AvgIpc) is 2.86. The predicted molar refractivity (Wildman–Crippen MR) is 138 cm³/mol. The monoisotopic (exact) mass is 479 g/mol. The number of rotatable bonds is 9. The molecule has 1 saturated carbocycles. The highest BCUT2D eigenvalue weighted by Gasteiger charge is 2.47. The summed E-state index contributed by atoms with van der Waals surface area (Å²) in [5.41, 5.74) is 3.06. The number of carbonyl (C=O) groups excluding carboxylic acids is 1. The standard InChI is InChI=1S/C30H35F2NO2/c1-2-3-4-7-22-11-15-27(16-12-22)33(29(35)26-14-17-28(34)30(31,32)21-26)19-18-23-10-13-24-8-5-6-9-25(24)20-23/h5-6,8-13,15-16,20,26,28,34H,2-4,7,14,17-19,21H2,1H3/t26-,28+/m0/s1. The molecule has 1 amide bonds. The number of hydrogen-bond donors (Lipinski definition) is 1. The van der Waals surface area contributed by atoms with Gasteiger partial charge in [0, 0.05) is 24.6 Å². The number of benzene rings is 3. The third kappa shape index (κ3) is 6.26. The van der Waals surface area contributed by atoms with Gasteiger partial charge < -0.3 is 10.0 Å². The first-order chi connectivity index (χ1) is 16.9. The molecule has 4 rings (SSSR count). The molecule has 1 N–H and O–H groups in total. The molecule has 3 nitrogen and oxygen atoms in total. The number of alkyl halides is 2. The van der Waals surface area contributed by atoms with E-state index in [-0.39, 0.29) is 18.7 Å². The Morgan fingerprint density at radius 3 is 2.37 bits per heavy atom. The van der Waals surface area contributed by atoms with Crippen molar-refractivity contribution in [3.8, 4) is 0 Å². The van der Waals surface area contributed by atoms with E-state index >= 15 is 0 Å². The molecule has 0 saturated heterocycles. The summed E-state index contributed by atoms with van der Waals surface area (Å²) in [4.78, 5) is 15.2. The SMILES string of the molecule is CCCCCc1ccc(N(CCc2ccc3ccccc3c2)C(=O)[C@H]2CC[C@@H](O)C(F)(F)C2)cc1. The van der Waals surface area contributed by atoms with Crippen molar-refractivity contribution in [3.05, 3.63) is 77.9 Å². The van der Waals surface area contributed by atoms with Crippen LogP contribution in [0.25, 0.3) is 10.8 Å². The smallest absolute Gasteiger partial charge is 0.274 e. The molecule has 0 heterocycles. The van der Waals surface area contributed by atoms with Crippen molar-refractivity contribution in [1.82, 2.24) is 0 Å². The summed E-state index contributed by atoms with van der Waals surface area (Å²) >= 11 is 0. The number of nitrogens with zero attached hydrogens (tertiary/aromatic N) is 1. The molecule has 5 heteroatoms. The van der Waals surface area contributed by atoms with Gasteiger partial charge in [0.05, 0.1) is 0 Å². The second-order valence-corrected chi connectivity index (χ2v) is 9.80. The Kier molecular flexibility index (Phi) is 8.17. The maximum absolute atomic E-state index is 14.3. The molecule has 0 aromatic heterocycles. The molecular formula is C30H35F2NO2. The lowest BCUT2D eigenvalue weighted by atomic mass is 9.83. The van der Waals surface area contributed by atoms with Crippen LogP contribution in [0.1, 0.15) is 56.6 Å². The first kappa shape index (κ1) is 25.3. The van der Waals surface area contributed by atoms with Gasteiger partial charge in [-0.25, -0.2) is 8.78 Å². The highest BCUT2D eigenvalue weighted by molar-refractivity contribution is 5.95. The maximum Gasteiger partial charge on any atom is 0.274 e. The lowest BCUT2D eigenvalue weighted by Crippen LogP contribution is -2.46. The molecule has 3 aromatic rings. The van der Waals surface area contributed by atoms with Gasteiger partial charge in [0.1, 0.15) is 6.10 Å². The molecule has 2 atom stereocenters. The Balaban J connectivity index is 1.54. The van der Waals surface area contributed by atoms with Crippen LogP contribution in [0.2, 0.25) is 0 Å². The summed E-state index contributed by atoms with van der Waals surface area (Å²) in [5, 5.41) is 12.0. The number of hydrogen-bond acceptors (Lipinski definition) is 2. The molecule has 0 bridgehead atoms. The zero-order chi connectivity index (χ0) is 24.8. The molecule has 0 radical (unpaired) electrons. The molecule has 1 aliphatic rings. The predicted octanol–water partition coefficient (Wildman–Crippen LogP) is 6.94. The summed E-state index contributed by atoms with van der Waals surface area (Å²) in [5.74, 6) is -4.31. The highest BCUT2D eigenvalue weighted by atomic mass is 19.3. The fourth-order valence-corrected chi connectivity index (χ4v) is 4.99. The molecule has 35 heavy (non-hydrogen) atoms. The Bertz CT molecular complexity index is 1130. The minimum Gasteiger partial charge on any atom is -0.387 e. The fourth-order valence-electron chi connectivity index (χ4n) is 4.99. The first-order valence-corrected chi connectivity index (χ1v) is 12.8. The van der Waals surface area contributed by atoms with Crippen molar-refractivity contribution < 1.29 is 18.7 Å². The topological polar surface area (TPSA) is 40.5 Å². The molecule has 1 fully saturated rings. The fraction of sp³-hybridized carbons (Fsp3) is 0.433. The van der Waals surface area contributed by atoms with Crippen LogP contribution in [0.4, 0.5) is 14.5 Å². The van der Waals surface area contributed by atoms with Gasteiger partial charge in [-0.05, 0) is 66.1 Å². The van der Waals surface area contributed by atoms with Crippen molar-refractivity contribution in [2.75, 3.05) is 11.4 Å². The summed E-state index contributed by atoms with van der Waals surface area (Å²) in [6, 6.07) is 22.4. The van der Waals surface area contributed by atoms with Gasteiger partial charge in [-0.15, -0.1) is 0 Å². The lowest BCUT2D eigenvalue weighted by Gasteiger charge is -2.35. The molecule has 3 aromatic carbocycles. The molecule has 186 valence electrons. The van der Waals surface area contributed by atoms with E-state index in [1.165, 1.54) is 12.0 Å². The van der Waals surface area contributed by atoms with Crippen LogP contribution in [0.5, 0.6) is 0 Å². The van der Waals surface area contributed by atoms with E-state index in [0.717, 1.165) is 41.3 Å². The number of unbranched alkanes of at least 4 members (excludes halogenated alkanes) is 2. The van der Waals surface area contributed by atoms with E-state index in [0.29, 0.717) is 13.0 Å². The van der Waals surface area contributed by atoms with Crippen molar-refractivity contribution in [1.29, 1.82) is 0 Å². The van der Waals surface area contributed by atoms with E-state index in [9.17, 15) is 18.7 Å². The van der Waals surface area contributed by atoms with Crippen LogP contribution in [0.15, 0.2) is 66.7 Å². The van der Waals surface area contributed by atoms with Crippen molar-refractivity contribution in [3.63, 3.8) is 0 Å². The molecule has 0 aliphatic heterocycles. The van der Waals surface area contributed by atoms with Gasteiger partial charge in [-0.1, -0.05) is 74.4 Å². The van der Waals surface area contributed by atoms with E-state index in [2.05, 4.69) is 37.3 Å². The Labute approximate surface area is 206 Å². The summed E-state index contributed by atoms with van der Waals surface area (Å²) in [7, 11) is 0. The zero-order valence-corrected chi connectivity index (χ0v) is 20.4. The summed E-state index contributed by atoms with van der Waals surface area (Å²) in [6.45, 7) is 2.59. The largest absolute Gasteiger partial charge is 0.387 e. The number of aryl methyl sites for hydroxylation is 1. The third-order valence-corrected chi connectivity index (χ3v) is 7.16. The second kappa shape index (κ2) is 11.3. The second-order valence-electron chi connectivity index (χ2n) is 9.80. The Morgan fingerprint density at radius 2 is 1.66 bits per heavy atom. The minimum atomic E-state index is -3.23. The van der Waals surface area contributed by atoms with E-state index in [1.807, 2.05) is 36.4 Å². The summed E-state index contributed by atoms with van der Waals surface area (Å²) in [6.07, 6.45) is 3.03. The van der Waals surface area contributed by atoms with Crippen molar-refractivity contribution in [2.24, 2.45) is 5.92 Å². The average molecular weight is 480 g/mol. The van der Waals surface area contributed by atoms with Crippen molar-refractivity contribution in [2.45, 2.75) is 70.3 Å². The first-order valence-electron chi connectivity index (χ1n) is 12.8. The van der Waals surface area contributed by atoms with Crippen LogP contribution < -0.4 is 4.90 Å². The normalized spacial score (nSPS) is 19.5. The number of aliphatic hydroxyl groups excluding tert-OH is 1. The van der Waals surface area contributed by atoms with Gasteiger partial charge in [0.2, 0.25) is 5.91 Å². The molecular weight excluding hydrogens is 444 g/mol. The highest BCUT2D eigenvalue weighted by Crippen LogP contribution is 2.38. The van der Waals surface area contributed by atoms with Gasteiger partial charge >= 0.3 is 0 Å². The van der Waals surface area contributed by atoms with Crippen LogP contribution in [-0.4, -0.2) is 29.6 Å². The van der Waals surface area contributed by atoms with Gasteiger partial charge in [0.25, 0.3) is 5.92 Å². The van der Waals surface area contributed by atoms with Gasteiger partial charge in [-0.2, -0.15) is 0 Å². The molecule has 0 spiro atoms. The van der Waals surface area contributed by atoms with Gasteiger partial charge in [0.15, 0.2) is 0 Å². The minimum absolute atomic E-state index is 0.0573. The molecule has 0 unspecified atom stereocenters. The van der Waals surface area contributed by atoms with E-state index in [4.69, 9.17) is 0 Å². The number of amides is 1.